The van der Waals surface area contributed by atoms with Gasteiger partial charge in [-0.25, -0.2) is 0 Å². The number of carbonyl (C=O) groups excluding carboxylic acids is 1. The first kappa shape index (κ1) is 18.0. The SMILES string of the molecule is NC(=O)C1=CNC(=NC2CCCCC2)C2=NC(C3C=CC=C(Cl)C=C3)CN12. The number of fused-ring (bicyclic) bond motifs is 1. The number of nitrogens with zero attached hydrogens (tertiary/aromatic N) is 3. The smallest absolute Gasteiger partial charge is 0.266 e. The minimum absolute atomic E-state index is 0.0253. The molecule has 7 heteroatoms. The second-order valence-corrected chi connectivity index (χ2v) is 7.75. The molecular formula is C20H24ClN5O. The average Bonchev–Trinajstić information content (AvgIpc) is 2.99. The molecule has 2 heterocycles. The van der Waals surface area contributed by atoms with Crippen molar-refractivity contribution in [2.45, 2.75) is 44.2 Å². The number of allylic oxidation sites excluding steroid dienone is 4. The van der Waals surface area contributed by atoms with E-state index in [2.05, 4.69) is 17.5 Å². The van der Waals surface area contributed by atoms with Crippen LogP contribution in [0.3, 0.4) is 0 Å². The van der Waals surface area contributed by atoms with Crippen LogP contribution in [-0.2, 0) is 4.79 Å². The summed E-state index contributed by atoms with van der Waals surface area (Å²) in [5, 5.41) is 3.85. The molecule has 27 heavy (non-hydrogen) atoms. The molecule has 0 aromatic rings. The van der Waals surface area contributed by atoms with Crippen molar-refractivity contribution >= 4 is 29.2 Å². The third kappa shape index (κ3) is 3.86. The molecule has 0 spiro atoms. The van der Waals surface area contributed by atoms with Crippen LogP contribution in [0.15, 0.2) is 57.3 Å². The number of hydrogen-bond acceptors (Lipinski definition) is 4. The van der Waals surface area contributed by atoms with Gasteiger partial charge in [0, 0.05) is 23.7 Å². The number of amidine groups is 2. The summed E-state index contributed by atoms with van der Waals surface area (Å²) >= 11 is 6.09. The highest BCUT2D eigenvalue weighted by Crippen LogP contribution is 2.27. The third-order valence-electron chi connectivity index (χ3n) is 5.41. The van der Waals surface area contributed by atoms with Gasteiger partial charge in [0.15, 0.2) is 11.7 Å². The molecule has 0 radical (unpaired) electrons. The van der Waals surface area contributed by atoms with Crippen molar-refractivity contribution in [1.82, 2.24) is 10.2 Å². The van der Waals surface area contributed by atoms with Crippen molar-refractivity contribution in [3.8, 4) is 0 Å². The van der Waals surface area contributed by atoms with Gasteiger partial charge in [0.25, 0.3) is 5.91 Å². The maximum atomic E-state index is 11.9. The van der Waals surface area contributed by atoms with E-state index < -0.39 is 5.91 Å². The Kier molecular flexibility index (Phi) is 5.16. The van der Waals surface area contributed by atoms with Crippen molar-refractivity contribution < 1.29 is 4.79 Å². The summed E-state index contributed by atoms with van der Waals surface area (Å²) in [5.41, 5.74) is 6.01. The fourth-order valence-corrected chi connectivity index (χ4v) is 4.12. The van der Waals surface area contributed by atoms with Gasteiger partial charge in [-0.05, 0) is 25.0 Å². The zero-order chi connectivity index (χ0) is 18.8. The summed E-state index contributed by atoms with van der Waals surface area (Å²) in [4.78, 5) is 23.6. The summed E-state index contributed by atoms with van der Waals surface area (Å²) in [7, 11) is 0. The molecule has 0 saturated heterocycles. The third-order valence-corrected chi connectivity index (χ3v) is 5.66. The predicted octanol–water partition coefficient (Wildman–Crippen LogP) is 2.60. The molecular weight excluding hydrogens is 362 g/mol. The molecule has 1 saturated carbocycles. The highest BCUT2D eigenvalue weighted by Gasteiger charge is 2.37. The first-order valence-electron chi connectivity index (χ1n) is 9.54. The van der Waals surface area contributed by atoms with Crippen LogP contribution >= 0.6 is 11.6 Å². The number of halogens is 1. The number of rotatable bonds is 3. The monoisotopic (exact) mass is 385 g/mol. The Balaban J connectivity index is 1.63. The van der Waals surface area contributed by atoms with E-state index in [0.29, 0.717) is 29.2 Å². The number of hydrogen-bond donors (Lipinski definition) is 2. The fraction of sp³-hybridized carbons (Fsp3) is 0.450. The molecule has 0 aromatic carbocycles. The summed E-state index contributed by atoms with van der Waals surface area (Å²) in [6.45, 7) is 0.590. The molecule has 3 N–H and O–H groups in total. The van der Waals surface area contributed by atoms with Crippen LogP contribution in [0, 0.1) is 5.92 Å². The Morgan fingerprint density at radius 1 is 1.30 bits per heavy atom. The zero-order valence-electron chi connectivity index (χ0n) is 15.1. The first-order valence-corrected chi connectivity index (χ1v) is 9.92. The second kappa shape index (κ2) is 7.72. The molecule has 2 aliphatic carbocycles. The topological polar surface area (TPSA) is 83.1 Å². The van der Waals surface area contributed by atoms with Crippen molar-refractivity contribution in [2.75, 3.05) is 6.54 Å². The van der Waals surface area contributed by atoms with Crippen LogP contribution < -0.4 is 11.1 Å². The lowest BCUT2D eigenvalue weighted by atomic mass is 9.96. The van der Waals surface area contributed by atoms with Crippen molar-refractivity contribution in [3.05, 3.63) is 47.3 Å². The summed E-state index contributed by atoms with van der Waals surface area (Å²) in [6, 6.07) is 0.289. The van der Waals surface area contributed by atoms with Crippen LogP contribution in [0.4, 0.5) is 0 Å². The lowest BCUT2D eigenvalue weighted by Crippen LogP contribution is -2.47. The lowest BCUT2D eigenvalue weighted by molar-refractivity contribution is -0.115. The molecule has 4 rings (SSSR count). The van der Waals surface area contributed by atoms with E-state index in [1.165, 1.54) is 19.3 Å². The lowest BCUT2D eigenvalue weighted by Gasteiger charge is -2.28. The minimum Gasteiger partial charge on any atom is -0.364 e. The van der Waals surface area contributed by atoms with Gasteiger partial charge < -0.3 is 16.0 Å². The van der Waals surface area contributed by atoms with E-state index in [1.807, 2.05) is 23.1 Å². The van der Waals surface area contributed by atoms with Crippen molar-refractivity contribution in [1.29, 1.82) is 0 Å². The zero-order valence-corrected chi connectivity index (χ0v) is 15.9. The van der Waals surface area contributed by atoms with Gasteiger partial charge in [0.05, 0.1) is 12.1 Å². The molecule has 0 aromatic heterocycles. The number of amides is 1. The summed E-state index contributed by atoms with van der Waals surface area (Å²) in [5.74, 6) is 1.09. The highest BCUT2D eigenvalue weighted by atomic mass is 35.5. The van der Waals surface area contributed by atoms with Gasteiger partial charge in [-0.3, -0.25) is 14.8 Å². The van der Waals surface area contributed by atoms with E-state index >= 15 is 0 Å². The summed E-state index contributed by atoms with van der Waals surface area (Å²) < 4.78 is 0. The van der Waals surface area contributed by atoms with Crippen LogP contribution in [-0.4, -0.2) is 41.1 Å². The Hall–Kier alpha value is -2.34. The van der Waals surface area contributed by atoms with Gasteiger partial charge in [0.1, 0.15) is 5.70 Å². The Morgan fingerprint density at radius 3 is 2.89 bits per heavy atom. The van der Waals surface area contributed by atoms with Gasteiger partial charge in [-0.2, -0.15) is 0 Å². The number of primary amides is 1. The largest absolute Gasteiger partial charge is 0.364 e. The predicted molar refractivity (Wildman–Crippen MR) is 108 cm³/mol. The number of nitrogens with two attached hydrogens (primary N) is 1. The fourth-order valence-electron chi connectivity index (χ4n) is 3.98. The number of nitrogens with one attached hydrogen (secondary N) is 1. The molecule has 1 amide bonds. The van der Waals surface area contributed by atoms with E-state index in [4.69, 9.17) is 27.3 Å². The molecule has 0 bridgehead atoms. The Bertz CT molecular complexity index is 801. The quantitative estimate of drug-likeness (QED) is 0.783. The van der Waals surface area contributed by atoms with Crippen molar-refractivity contribution in [3.63, 3.8) is 0 Å². The average molecular weight is 386 g/mol. The van der Waals surface area contributed by atoms with Crippen molar-refractivity contribution in [2.24, 2.45) is 21.6 Å². The molecule has 1 fully saturated rings. The van der Waals surface area contributed by atoms with E-state index in [-0.39, 0.29) is 12.0 Å². The van der Waals surface area contributed by atoms with Crippen LogP contribution in [0.1, 0.15) is 32.1 Å². The summed E-state index contributed by atoms with van der Waals surface area (Å²) in [6.07, 6.45) is 17.4. The van der Waals surface area contributed by atoms with Crippen LogP contribution in [0.2, 0.25) is 0 Å². The second-order valence-electron chi connectivity index (χ2n) is 7.31. The number of carbonyl (C=O) groups is 1. The van der Waals surface area contributed by atoms with Gasteiger partial charge in [-0.1, -0.05) is 49.1 Å². The van der Waals surface area contributed by atoms with Crippen LogP contribution in [0.5, 0.6) is 0 Å². The molecule has 2 atom stereocenters. The Labute approximate surface area is 164 Å². The van der Waals surface area contributed by atoms with Gasteiger partial charge >= 0.3 is 0 Å². The maximum absolute atomic E-state index is 11.9. The Morgan fingerprint density at radius 2 is 2.11 bits per heavy atom. The molecule has 2 aliphatic heterocycles. The normalized spacial score (nSPS) is 29.6. The molecule has 6 nitrogen and oxygen atoms in total. The van der Waals surface area contributed by atoms with E-state index in [0.717, 1.165) is 18.7 Å². The molecule has 4 aliphatic rings. The van der Waals surface area contributed by atoms with E-state index in [1.54, 1.807) is 6.20 Å². The van der Waals surface area contributed by atoms with Gasteiger partial charge in [0.2, 0.25) is 0 Å². The first-order chi connectivity index (χ1) is 13.1. The maximum Gasteiger partial charge on any atom is 0.266 e. The number of aliphatic imine (C=N–C) groups is 2. The van der Waals surface area contributed by atoms with E-state index in [9.17, 15) is 4.79 Å². The minimum atomic E-state index is -0.468. The molecule has 142 valence electrons. The standard InChI is InChI=1S/C20H24ClN5O/c21-14-6-4-5-13(9-10-14)16-12-26-17(18(22)27)11-23-19(20(26)25-16)24-15-7-2-1-3-8-15/h4-6,9-11,13,15-16H,1-3,7-8,12H2,(H2,22,27)(H,23,24). The van der Waals surface area contributed by atoms with Gasteiger partial charge in [-0.15, -0.1) is 0 Å². The van der Waals surface area contributed by atoms with Crippen LogP contribution in [0.25, 0.3) is 0 Å². The molecule has 2 unspecified atom stereocenters. The highest BCUT2D eigenvalue weighted by molar-refractivity contribution is 6.42.